The average Bonchev–Trinajstić information content (AvgIpc) is 2.81. The molecule has 0 radical (unpaired) electrons. The fraction of sp³-hybridized carbons (Fsp3) is 0.240. The second kappa shape index (κ2) is 10.3. The minimum atomic E-state index is 0.810. The van der Waals surface area contributed by atoms with E-state index < -0.39 is 0 Å². The molecule has 0 N–H and O–H groups in total. The SMILES string of the molecule is CCN(CC)c1ccccc1C=NN(c1ccc(OC)cc1)c1ccc(OC)cc1. The zero-order chi connectivity index (χ0) is 21.3. The van der Waals surface area contributed by atoms with Crippen LogP contribution in [0.5, 0.6) is 11.5 Å². The Labute approximate surface area is 179 Å². The maximum atomic E-state index is 5.30. The van der Waals surface area contributed by atoms with Crippen LogP contribution in [0.1, 0.15) is 19.4 Å². The van der Waals surface area contributed by atoms with E-state index in [1.165, 1.54) is 5.69 Å². The summed E-state index contributed by atoms with van der Waals surface area (Å²) >= 11 is 0. The average molecular weight is 404 g/mol. The number of benzene rings is 3. The lowest BCUT2D eigenvalue weighted by Crippen LogP contribution is -2.23. The number of rotatable bonds is 9. The van der Waals surface area contributed by atoms with Crippen molar-refractivity contribution in [3.8, 4) is 11.5 Å². The van der Waals surface area contributed by atoms with Gasteiger partial charge in [-0.05, 0) is 68.4 Å². The topological polar surface area (TPSA) is 37.3 Å². The molecule has 3 aromatic rings. The lowest BCUT2D eigenvalue weighted by atomic mass is 10.1. The van der Waals surface area contributed by atoms with Gasteiger partial charge in [-0.2, -0.15) is 5.10 Å². The smallest absolute Gasteiger partial charge is 0.119 e. The lowest BCUT2D eigenvalue weighted by Gasteiger charge is -2.24. The van der Waals surface area contributed by atoms with Crippen LogP contribution < -0.4 is 19.4 Å². The number of para-hydroxylation sites is 1. The van der Waals surface area contributed by atoms with E-state index in [-0.39, 0.29) is 0 Å². The fourth-order valence-electron chi connectivity index (χ4n) is 3.30. The summed E-state index contributed by atoms with van der Waals surface area (Å²) < 4.78 is 10.6. The molecule has 0 aromatic heterocycles. The van der Waals surface area contributed by atoms with Crippen LogP contribution in [0.15, 0.2) is 77.9 Å². The highest BCUT2D eigenvalue weighted by atomic mass is 16.5. The second-order valence-corrected chi connectivity index (χ2v) is 6.68. The van der Waals surface area contributed by atoms with E-state index in [0.29, 0.717) is 0 Å². The largest absolute Gasteiger partial charge is 0.497 e. The molecular weight excluding hydrogens is 374 g/mol. The Morgan fingerprint density at radius 2 is 1.23 bits per heavy atom. The third-order valence-electron chi connectivity index (χ3n) is 4.99. The molecule has 0 aliphatic carbocycles. The van der Waals surface area contributed by atoms with E-state index >= 15 is 0 Å². The molecular formula is C25H29N3O2. The maximum absolute atomic E-state index is 5.30. The molecule has 5 heteroatoms. The van der Waals surface area contributed by atoms with Gasteiger partial charge in [0.05, 0.1) is 31.8 Å². The first kappa shape index (κ1) is 21.2. The zero-order valence-electron chi connectivity index (χ0n) is 18.1. The Morgan fingerprint density at radius 3 is 1.70 bits per heavy atom. The minimum absolute atomic E-state index is 0.810. The predicted molar refractivity (Wildman–Crippen MR) is 126 cm³/mol. The van der Waals surface area contributed by atoms with Gasteiger partial charge in [0.2, 0.25) is 0 Å². The molecule has 156 valence electrons. The molecule has 0 aliphatic rings. The Morgan fingerprint density at radius 1 is 0.733 bits per heavy atom. The molecule has 5 nitrogen and oxygen atoms in total. The van der Waals surface area contributed by atoms with E-state index in [1.54, 1.807) is 14.2 Å². The first-order chi connectivity index (χ1) is 14.7. The zero-order valence-corrected chi connectivity index (χ0v) is 18.1. The molecule has 0 unspecified atom stereocenters. The Kier molecular flexibility index (Phi) is 7.33. The summed E-state index contributed by atoms with van der Waals surface area (Å²) in [6, 6.07) is 24.1. The van der Waals surface area contributed by atoms with Gasteiger partial charge in [0.25, 0.3) is 0 Å². The summed E-state index contributed by atoms with van der Waals surface area (Å²) in [4.78, 5) is 2.33. The van der Waals surface area contributed by atoms with Crippen molar-refractivity contribution < 1.29 is 9.47 Å². The minimum Gasteiger partial charge on any atom is -0.497 e. The molecule has 3 rings (SSSR count). The number of methoxy groups -OCH3 is 2. The number of hydrogen-bond donors (Lipinski definition) is 0. The second-order valence-electron chi connectivity index (χ2n) is 6.68. The van der Waals surface area contributed by atoms with Crippen LogP contribution in [0, 0.1) is 0 Å². The molecule has 30 heavy (non-hydrogen) atoms. The Bertz CT molecular complexity index is 901. The molecule has 0 aliphatic heterocycles. The van der Waals surface area contributed by atoms with Crippen LogP contribution >= 0.6 is 0 Å². The fourth-order valence-corrected chi connectivity index (χ4v) is 3.30. The van der Waals surface area contributed by atoms with E-state index in [4.69, 9.17) is 14.6 Å². The van der Waals surface area contributed by atoms with Crippen LogP contribution in [0.4, 0.5) is 17.1 Å². The van der Waals surface area contributed by atoms with Gasteiger partial charge in [0.1, 0.15) is 11.5 Å². The van der Waals surface area contributed by atoms with E-state index in [1.807, 2.05) is 65.8 Å². The van der Waals surface area contributed by atoms with Crippen LogP contribution in [-0.4, -0.2) is 33.5 Å². The van der Waals surface area contributed by atoms with Gasteiger partial charge in [-0.15, -0.1) is 0 Å². The third kappa shape index (κ3) is 4.92. The Balaban J connectivity index is 2.00. The van der Waals surface area contributed by atoms with Crippen molar-refractivity contribution in [1.82, 2.24) is 0 Å². The van der Waals surface area contributed by atoms with Crippen molar-refractivity contribution >= 4 is 23.3 Å². The van der Waals surface area contributed by atoms with Crippen molar-refractivity contribution in [1.29, 1.82) is 0 Å². The summed E-state index contributed by atoms with van der Waals surface area (Å²) in [5, 5.41) is 6.77. The number of ether oxygens (including phenoxy) is 2. The van der Waals surface area contributed by atoms with Crippen molar-refractivity contribution in [3.05, 3.63) is 78.4 Å². The van der Waals surface area contributed by atoms with Gasteiger partial charge in [0.15, 0.2) is 0 Å². The van der Waals surface area contributed by atoms with Crippen molar-refractivity contribution in [2.45, 2.75) is 13.8 Å². The molecule has 3 aromatic carbocycles. The van der Waals surface area contributed by atoms with Gasteiger partial charge in [-0.3, -0.25) is 0 Å². The van der Waals surface area contributed by atoms with Gasteiger partial charge in [-0.25, -0.2) is 5.01 Å². The van der Waals surface area contributed by atoms with Crippen molar-refractivity contribution in [2.75, 3.05) is 37.2 Å². The monoisotopic (exact) mass is 403 g/mol. The summed E-state index contributed by atoms with van der Waals surface area (Å²) in [6.07, 6.45) is 1.92. The van der Waals surface area contributed by atoms with Crippen molar-refractivity contribution in [3.63, 3.8) is 0 Å². The van der Waals surface area contributed by atoms with Gasteiger partial charge in [-0.1, -0.05) is 18.2 Å². The quantitative estimate of drug-likeness (QED) is 0.338. The summed E-state index contributed by atoms with van der Waals surface area (Å²) in [6.45, 7) is 6.22. The van der Waals surface area contributed by atoms with Crippen LogP contribution in [0.2, 0.25) is 0 Å². The molecule has 0 atom stereocenters. The van der Waals surface area contributed by atoms with E-state index in [0.717, 1.165) is 41.5 Å². The normalized spacial score (nSPS) is 10.8. The maximum Gasteiger partial charge on any atom is 0.119 e. The van der Waals surface area contributed by atoms with E-state index in [2.05, 4.69) is 36.9 Å². The molecule has 0 saturated heterocycles. The molecule has 0 heterocycles. The first-order valence-corrected chi connectivity index (χ1v) is 10.2. The standard InChI is InChI=1S/C25H29N3O2/c1-5-27(6-2)25-10-8-7-9-20(25)19-26-28(21-11-15-23(29-3)16-12-21)22-13-17-24(30-4)18-14-22/h7-19H,5-6H2,1-4H3. The van der Waals surface area contributed by atoms with Crippen molar-refractivity contribution in [2.24, 2.45) is 5.10 Å². The van der Waals surface area contributed by atoms with Gasteiger partial charge < -0.3 is 14.4 Å². The number of hydrazone groups is 1. The molecule has 0 amide bonds. The highest BCUT2D eigenvalue weighted by Gasteiger charge is 2.10. The van der Waals surface area contributed by atoms with Gasteiger partial charge in [0, 0.05) is 24.3 Å². The predicted octanol–water partition coefficient (Wildman–Crippen LogP) is 5.72. The van der Waals surface area contributed by atoms with Gasteiger partial charge >= 0.3 is 0 Å². The molecule has 0 fully saturated rings. The summed E-state index contributed by atoms with van der Waals surface area (Å²) in [5.74, 6) is 1.62. The lowest BCUT2D eigenvalue weighted by molar-refractivity contribution is 0.415. The summed E-state index contributed by atoms with van der Waals surface area (Å²) in [5.41, 5.74) is 4.14. The number of hydrogen-bond acceptors (Lipinski definition) is 5. The third-order valence-corrected chi connectivity index (χ3v) is 4.99. The first-order valence-electron chi connectivity index (χ1n) is 10.2. The summed E-state index contributed by atoms with van der Waals surface area (Å²) in [7, 11) is 3.33. The van der Waals surface area contributed by atoms with Crippen LogP contribution in [-0.2, 0) is 0 Å². The number of anilines is 3. The highest BCUT2D eigenvalue weighted by molar-refractivity contribution is 5.89. The van der Waals surface area contributed by atoms with E-state index in [9.17, 15) is 0 Å². The molecule has 0 saturated carbocycles. The molecule has 0 spiro atoms. The highest BCUT2D eigenvalue weighted by Crippen LogP contribution is 2.29. The van der Waals surface area contributed by atoms with Crippen LogP contribution in [0.25, 0.3) is 0 Å². The Hall–Kier alpha value is -3.47. The van der Waals surface area contributed by atoms with Crippen LogP contribution in [0.3, 0.4) is 0 Å². The number of nitrogens with zero attached hydrogens (tertiary/aromatic N) is 3. The molecule has 0 bridgehead atoms.